The quantitative estimate of drug-likeness (QED) is 0.206. The van der Waals surface area contributed by atoms with Gasteiger partial charge in [-0.15, -0.1) is 0 Å². The summed E-state index contributed by atoms with van der Waals surface area (Å²) in [7, 11) is 4.31. The number of nitrogens with zero attached hydrogens (tertiary/aromatic N) is 1. The maximum atomic E-state index is 10.3. The molecule has 0 saturated heterocycles. The van der Waals surface area contributed by atoms with E-state index < -0.39 is 0 Å². The minimum Gasteiger partial charge on any atom is -1.00 e. The van der Waals surface area contributed by atoms with Gasteiger partial charge in [-0.05, 0) is 18.6 Å². The van der Waals surface area contributed by atoms with E-state index in [0.29, 0.717) is 6.61 Å². The van der Waals surface area contributed by atoms with Crippen LogP contribution in [-0.2, 0) is 9.53 Å². The number of esters is 1. The Kier molecular flexibility index (Phi) is 18.2. The molecule has 0 bridgehead atoms. The van der Waals surface area contributed by atoms with E-state index in [1.165, 1.54) is 6.08 Å². The van der Waals surface area contributed by atoms with E-state index in [9.17, 15) is 4.79 Å². The van der Waals surface area contributed by atoms with E-state index >= 15 is 0 Å². The summed E-state index contributed by atoms with van der Waals surface area (Å²) in [6.07, 6.45) is 7.02. The zero-order valence-electron chi connectivity index (χ0n) is 12.5. The van der Waals surface area contributed by atoms with Crippen LogP contribution in [0.15, 0.2) is 38.0 Å². The van der Waals surface area contributed by atoms with Gasteiger partial charge in [0.2, 0.25) is 0 Å². The Morgan fingerprint density at radius 2 is 1.63 bits per heavy atom. The first kappa shape index (κ1) is 23.1. The predicted molar refractivity (Wildman–Crippen MR) is 78.3 cm³/mol. The summed E-state index contributed by atoms with van der Waals surface area (Å²) in [5.74, 6) is -0.330. The van der Waals surface area contributed by atoms with Crippen molar-refractivity contribution >= 4 is 5.97 Å². The Bertz CT molecular complexity index is 251. The molecule has 0 heterocycles. The first-order valence-electron chi connectivity index (χ1n) is 6.26. The summed E-state index contributed by atoms with van der Waals surface area (Å²) in [6, 6.07) is 0. The Labute approximate surface area is 124 Å². The molecular formula is C15H28ClNO2. The van der Waals surface area contributed by atoms with Crippen LogP contribution < -0.4 is 12.4 Å². The summed E-state index contributed by atoms with van der Waals surface area (Å²) in [6.45, 7) is 15.2. The highest BCUT2D eigenvalue weighted by atomic mass is 35.5. The third kappa shape index (κ3) is 19.5. The first-order chi connectivity index (χ1) is 8.43. The monoisotopic (exact) mass is 289 g/mol. The lowest BCUT2D eigenvalue weighted by Gasteiger charge is -2.26. The van der Waals surface area contributed by atoms with Crippen molar-refractivity contribution in [1.82, 2.24) is 0 Å². The molecular weight excluding hydrogens is 262 g/mol. The minimum atomic E-state index is -0.330. The van der Waals surface area contributed by atoms with Crippen LogP contribution in [0.25, 0.3) is 0 Å². The number of quaternary nitrogens is 1. The third-order valence-electron chi connectivity index (χ3n) is 2.16. The first-order valence-corrected chi connectivity index (χ1v) is 6.26. The van der Waals surface area contributed by atoms with Gasteiger partial charge in [0, 0.05) is 6.08 Å². The molecule has 4 heteroatoms. The average Bonchev–Trinajstić information content (AvgIpc) is 2.29. The van der Waals surface area contributed by atoms with Crippen LogP contribution in [-0.4, -0.2) is 44.2 Å². The number of ether oxygens (including phenoxy) is 1. The van der Waals surface area contributed by atoms with Crippen LogP contribution in [0.1, 0.15) is 19.8 Å². The van der Waals surface area contributed by atoms with Crippen LogP contribution in [0.2, 0.25) is 0 Å². The smallest absolute Gasteiger partial charge is 0.330 e. The number of halogens is 1. The third-order valence-corrected chi connectivity index (χ3v) is 2.16. The highest BCUT2D eigenvalue weighted by Crippen LogP contribution is 1.95. The van der Waals surface area contributed by atoms with Gasteiger partial charge >= 0.3 is 5.97 Å². The molecule has 0 N–H and O–H groups in total. The number of likely N-dealkylation sites (N-methyl/N-ethyl adjacent to an activating group) is 1. The van der Waals surface area contributed by atoms with E-state index in [2.05, 4.69) is 38.6 Å². The Balaban J connectivity index is -0.000000256. The van der Waals surface area contributed by atoms with Crippen LogP contribution in [0.5, 0.6) is 0 Å². The lowest BCUT2D eigenvalue weighted by Crippen LogP contribution is -3.00. The molecule has 0 fully saturated rings. The second-order valence-electron chi connectivity index (χ2n) is 4.60. The lowest BCUT2D eigenvalue weighted by atomic mass is 10.4. The van der Waals surface area contributed by atoms with Crippen molar-refractivity contribution in [2.45, 2.75) is 19.8 Å². The second kappa shape index (κ2) is 15.0. The van der Waals surface area contributed by atoms with Gasteiger partial charge in [0.25, 0.3) is 0 Å². The van der Waals surface area contributed by atoms with Crippen molar-refractivity contribution in [3.05, 3.63) is 38.0 Å². The average molecular weight is 290 g/mol. The van der Waals surface area contributed by atoms with Gasteiger partial charge in [-0.1, -0.05) is 33.1 Å². The van der Waals surface area contributed by atoms with Gasteiger partial charge in [0.15, 0.2) is 0 Å². The van der Waals surface area contributed by atoms with Gasteiger partial charge in [0.1, 0.15) is 0 Å². The molecule has 0 radical (unpaired) electrons. The van der Waals surface area contributed by atoms with Crippen molar-refractivity contribution in [2.24, 2.45) is 0 Å². The summed E-state index contributed by atoms with van der Waals surface area (Å²) < 4.78 is 5.63. The summed E-state index contributed by atoms with van der Waals surface area (Å²) in [5.41, 5.74) is 0. The maximum absolute atomic E-state index is 10.3. The molecule has 0 aromatic carbocycles. The van der Waals surface area contributed by atoms with Crippen molar-refractivity contribution < 1.29 is 26.4 Å². The molecule has 0 aromatic rings. The molecule has 0 unspecified atom stereocenters. The number of hydrogen-bond acceptors (Lipinski definition) is 2. The fourth-order valence-corrected chi connectivity index (χ4v) is 1.15. The summed E-state index contributed by atoms with van der Waals surface area (Å²) >= 11 is 0. The van der Waals surface area contributed by atoms with E-state index in [4.69, 9.17) is 0 Å². The van der Waals surface area contributed by atoms with Crippen LogP contribution in [0.4, 0.5) is 0 Å². The Morgan fingerprint density at radius 1 is 1.16 bits per heavy atom. The van der Waals surface area contributed by atoms with Crippen LogP contribution in [0, 0.1) is 0 Å². The van der Waals surface area contributed by atoms with Gasteiger partial charge in [0.05, 0.1) is 33.8 Å². The molecule has 3 nitrogen and oxygen atoms in total. The second-order valence-corrected chi connectivity index (χ2v) is 4.60. The fraction of sp³-hybridized carbons (Fsp3) is 0.533. The van der Waals surface area contributed by atoms with E-state index in [-0.39, 0.29) is 18.4 Å². The Hall–Kier alpha value is -1.06. The molecule has 0 aliphatic heterocycles. The van der Waals surface area contributed by atoms with Crippen molar-refractivity contribution in [2.75, 3.05) is 33.8 Å². The topological polar surface area (TPSA) is 26.3 Å². The minimum absolute atomic E-state index is 0. The molecule has 0 atom stereocenters. The van der Waals surface area contributed by atoms with Crippen LogP contribution in [0.3, 0.4) is 0 Å². The Morgan fingerprint density at radius 3 is 1.95 bits per heavy atom. The molecule has 0 aliphatic rings. The van der Waals surface area contributed by atoms with Crippen molar-refractivity contribution in [3.8, 4) is 0 Å². The molecule has 112 valence electrons. The van der Waals surface area contributed by atoms with Gasteiger partial charge in [-0.3, -0.25) is 0 Å². The SMILES string of the molecule is C=CC(=O)OCCCC.C=CC[N+](C)(C)CC=C.[Cl-]. The lowest BCUT2D eigenvalue weighted by molar-refractivity contribution is -0.878. The highest BCUT2D eigenvalue weighted by Gasteiger charge is 2.07. The van der Waals surface area contributed by atoms with E-state index in [1.807, 2.05) is 19.1 Å². The number of carbonyl (C=O) groups is 1. The predicted octanol–water partition coefficient (Wildman–Crippen LogP) is -0.0455. The molecule has 0 rings (SSSR count). The van der Waals surface area contributed by atoms with Crippen molar-refractivity contribution in [3.63, 3.8) is 0 Å². The molecule has 0 saturated carbocycles. The maximum Gasteiger partial charge on any atom is 0.330 e. The zero-order valence-corrected chi connectivity index (χ0v) is 13.3. The molecule has 19 heavy (non-hydrogen) atoms. The summed E-state index contributed by atoms with van der Waals surface area (Å²) in [5, 5.41) is 0. The fourth-order valence-electron chi connectivity index (χ4n) is 1.15. The molecule has 0 aromatic heterocycles. The van der Waals surface area contributed by atoms with Crippen LogP contribution >= 0.6 is 0 Å². The standard InChI is InChI=1S/C8H16N.C7H12O2.ClH/c1-5-7-9(3,4)8-6-2;1-3-5-6-9-7(8)4-2;/h5-6H,1-2,7-8H2,3-4H3;4H,2-3,5-6H2,1H3;1H/q+1;;/p-1. The largest absolute Gasteiger partial charge is 1.00 e. The molecule has 0 spiro atoms. The van der Waals surface area contributed by atoms with Crippen molar-refractivity contribution in [1.29, 1.82) is 0 Å². The normalized spacial score (nSPS) is 9.21. The van der Waals surface area contributed by atoms with Gasteiger partial charge in [-0.25, -0.2) is 4.79 Å². The molecule has 0 aliphatic carbocycles. The zero-order chi connectivity index (χ0) is 14.4. The van der Waals surface area contributed by atoms with E-state index in [0.717, 1.165) is 30.4 Å². The van der Waals surface area contributed by atoms with Gasteiger partial charge < -0.3 is 21.6 Å². The van der Waals surface area contributed by atoms with E-state index in [1.54, 1.807) is 0 Å². The number of unbranched alkanes of at least 4 members (excludes halogenated alkanes) is 1. The molecule has 0 amide bonds. The highest BCUT2D eigenvalue weighted by molar-refractivity contribution is 5.81. The van der Waals surface area contributed by atoms with Gasteiger partial charge in [-0.2, -0.15) is 0 Å². The number of carbonyl (C=O) groups excluding carboxylic acids is 1. The summed E-state index contributed by atoms with van der Waals surface area (Å²) in [4.78, 5) is 10.3. The number of rotatable bonds is 8. The number of hydrogen-bond donors (Lipinski definition) is 0.